The molecule has 5 aromatic carbocycles. The van der Waals surface area contributed by atoms with E-state index in [0.717, 1.165) is 15.6 Å². The van der Waals surface area contributed by atoms with E-state index in [9.17, 15) is 16.8 Å². The van der Waals surface area contributed by atoms with Crippen molar-refractivity contribution in [2.24, 2.45) is 0 Å². The molecule has 0 N–H and O–H groups in total. The third-order valence-electron chi connectivity index (χ3n) is 6.57. The molecule has 0 aliphatic carbocycles. The highest BCUT2D eigenvalue weighted by molar-refractivity contribution is 9.10. The third kappa shape index (κ3) is 6.71. The van der Waals surface area contributed by atoms with Crippen LogP contribution in [0.2, 0.25) is 5.02 Å². The maximum Gasteiger partial charge on any atom is 0.264 e. The van der Waals surface area contributed by atoms with Crippen LogP contribution in [-0.4, -0.2) is 16.8 Å². The number of para-hydroxylation sites is 1. The molecule has 0 aliphatic heterocycles. The molecule has 0 aromatic heterocycles. The van der Waals surface area contributed by atoms with Crippen LogP contribution in [0, 0.1) is 0 Å². The number of hydrogen-bond acceptors (Lipinski definition) is 4. The lowest BCUT2D eigenvalue weighted by molar-refractivity contribution is 0.589. The molecule has 0 aliphatic rings. The van der Waals surface area contributed by atoms with Crippen molar-refractivity contribution in [2.45, 2.75) is 22.9 Å². The molecule has 0 saturated carbocycles. The Morgan fingerprint density at radius 1 is 0.500 bits per heavy atom. The monoisotopic (exact) mass is 680 g/mol. The van der Waals surface area contributed by atoms with Gasteiger partial charge in [0.25, 0.3) is 20.0 Å². The quantitative estimate of drug-likeness (QED) is 0.150. The van der Waals surface area contributed by atoms with Crippen molar-refractivity contribution in [3.05, 3.63) is 154 Å². The molecule has 0 bridgehead atoms. The summed E-state index contributed by atoms with van der Waals surface area (Å²) in [6.45, 7) is 0.154. The number of rotatable bonds is 10. The summed E-state index contributed by atoms with van der Waals surface area (Å²) in [5, 5.41) is 0.536. The molecule has 5 aromatic rings. The topological polar surface area (TPSA) is 74.8 Å². The predicted octanol–water partition coefficient (Wildman–Crippen LogP) is 7.89. The molecule has 42 heavy (non-hydrogen) atoms. The lowest BCUT2D eigenvalue weighted by Crippen LogP contribution is -2.31. The van der Waals surface area contributed by atoms with Crippen LogP contribution in [0.15, 0.2) is 148 Å². The van der Waals surface area contributed by atoms with Gasteiger partial charge in [-0.1, -0.05) is 88.2 Å². The van der Waals surface area contributed by atoms with Crippen LogP contribution in [0.5, 0.6) is 0 Å². The minimum Gasteiger partial charge on any atom is -0.262 e. The highest BCUT2D eigenvalue weighted by Crippen LogP contribution is 2.31. The van der Waals surface area contributed by atoms with Crippen molar-refractivity contribution < 1.29 is 16.8 Å². The van der Waals surface area contributed by atoms with Crippen LogP contribution in [0.1, 0.15) is 11.1 Å². The molecular formula is C32H26BrClN2O4S2. The highest BCUT2D eigenvalue weighted by Gasteiger charge is 2.28. The lowest BCUT2D eigenvalue weighted by atomic mass is 10.2. The Kier molecular flexibility index (Phi) is 9.03. The fourth-order valence-electron chi connectivity index (χ4n) is 4.37. The normalized spacial score (nSPS) is 11.7. The van der Waals surface area contributed by atoms with Crippen molar-refractivity contribution in [1.82, 2.24) is 0 Å². The smallest absolute Gasteiger partial charge is 0.262 e. The molecule has 5 rings (SSSR count). The first kappa shape index (κ1) is 29.8. The van der Waals surface area contributed by atoms with Gasteiger partial charge in [-0.3, -0.25) is 8.61 Å². The van der Waals surface area contributed by atoms with Gasteiger partial charge in [-0.15, -0.1) is 0 Å². The average molecular weight is 682 g/mol. The first-order chi connectivity index (χ1) is 20.1. The van der Waals surface area contributed by atoms with E-state index in [1.165, 1.54) is 45.0 Å². The van der Waals surface area contributed by atoms with E-state index in [2.05, 4.69) is 15.9 Å². The van der Waals surface area contributed by atoms with E-state index < -0.39 is 20.0 Å². The second-order valence-corrected chi connectivity index (χ2v) is 14.5. The van der Waals surface area contributed by atoms with E-state index in [-0.39, 0.29) is 22.9 Å². The van der Waals surface area contributed by atoms with Crippen molar-refractivity contribution >= 4 is 59.0 Å². The summed E-state index contributed by atoms with van der Waals surface area (Å²) in [5.41, 5.74) is 2.39. The fourth-order valence-corrected chi connectivity index (χ4v) is 7.67. The summed E-state index contributed by atoms with van der Waals surface area (Å²) >= 11 is 9.40. The van der Waals surface area contributed by atoms with Gasteiger partial charge in [0.1, 0.15) is 0 Å². The lowest BCUT2D eigenvalue weighted by Gasteiger charge is -2.27. The molecule has 0 spiro atoms. The zero-order valence-electron chi connectivity index (χ0n) is 22.2. The third-order valence-corrected chi connectivity index (χ3v) is 10.9. The molecule has 214 valence electrons. The maximum absolute atomic E-state index is 14.0. The first-order valence-electron chi connectivity index (χ1n) is 12.9. The van der Waals surface area contributed by atoms with Crippen LogP contribution < -0.4 is 8.61 Å². The summed E-state index contributed by atoms with van der Waals surface area (Å²) in [6.07, 6.45) is 0. The maximum atomic E-state index is 14.0. The van der Waals surface area contributed by atoms with Gasteiger partial charge in [0, 0.05) is 9.50 Å². The zero-order valence-corrected chi connectivity index (χ0v) is 26.2. The van der Waals surface area contributed by atoms with Gasteiger partial charge in [0.2, 0.25) is 0 Å². The first-order valence-corrected chi connectivity index (χ1v) is 16.9. The summed E-state index contributed by atoms with van der Waals surface area (Å²) in [7, 11) is -8.01. The molecule has 0 amide bonds. The number of hydrogen-bond donors (Lipinski definition) is 0. The summed E-state index contributed by atoms with van der Waals surface area (Å²) in [5.74, 6) is 0. The SMILES string of the molecule is O=S(=O)(c1ccc(Br)cc1)N(Cc1ccc(Cl)cc1)c1ccc(S(=O)(=O)N(Cc2ccccc2)c2ccccc2)cc1. The van der Waals surface area contributed by atoms with Crippen molar-refractivity contribution in [2.75, 3.05) is 8.61 Å². The second-order valence-electron chi connectivity index (χ2n) is 9.42. The van der Waals surface area contributed by atoms with Gasteiger partial charge in [-0.25, -0.2) is 16.8 Å². The van der Waals surface area contributed by atoms with Crippen LogP contribution in [0.3, 0.4) is 0 Å². The van der Waals surface area contributed by atoms with Gasteiger partial charge in [0.05, 0.1) is 34.3 Å². The van der Waals surface area contributed by atoms with Crippen molar-refractivity contribution in [3.63, 3.8) is 0 Å². The predicted molar refractivity (Wildman–Crippen MR) is 172 cm³/mol. The van der Waals surface area contributed by atoms with Gasteiger partial charge in [-0.2, -0.15) is 0 Å². The van der Waals surface area contributed by atoms with E-state index >= 15 is 0 Å². The van der Waals surface area contributed by atoms with E-state index in [1.807, 2.05) is 36.4 Å². The Balaban J connectivity index is 1.53. The van der Waals surface area contributed by atoms with Crippen molar-refractivity contribution in [3.8, 4) is 0 Å². The molecule has 0 radical (unpaired) electrons. The molecule has 0 unspecified atom stereocenters. The highest BCUT2D eigenvalue weighted by atomic mass is 79.9. The molecular weight excluding hydrogens is 656 g/mol. The summed E-state index contributed by atoms with van der Waals surface area (Å²) < 4.78 is 59.0. The van der Waals surface area contributed by atoms with E-state index in [0.29, 0.717) is 16.4 Å². The Labute approximate surface area is 260 Å². The van der Waals surface area contributed by atoms with Gasteiger partial charge in [-0.05, 0) is 83.9 Å². The molecule has 0 heterocycles. The largest absolute Gasteiger partial charge is 0.264 e. The Morgan fingerprint density at radius 2 is 0.905 bits per heavy atom. The molecule has 0 fully saturated rings. The summed E-state index contributed by atoms with van der Waals surface area (Å²) in [4.78, 5) is 0.146. The molecule has 6 nitrogen and oxygen atoms in total. The number of anilines is 2. The van der Waals surface area contributed by atoms with Gasteiger partial charge < -0.3 is 0 Å². The Morgan fingerprint density at radius 3 is 1.40 bits per heavy atom. The average Bonchev–Trinajstić information content (AvgIpc) is 3.00. The standard InChI is InChI=1S/C32H26BrClN2O4S2/c33-27-13-19-31(20-14-27)41(37,38)36(24-26-11-15-28(34)16-12-26)30-17-21-32(22-18-30)42(39,40)35(29-9-5-2-6-10-29)23-25-7-3-1-4-8-25/h1-22H,23-24H2. The van der Waals surface area contributed by atoms with E-state index in [1.54, 1.807) is 60.7 Å². The number of sulfonamides is 2. The molecule has 10 heteroatoms. The number of nitrogens with zero attached hydrogens (tertiary/aromatic N) is 2. The van der Waals surface area contributed by atoms with Crippen LogP contribution in [0.4, 0.5) is 11.4 Å². The minimum absolute atomic E-state index is 0.0197. The summed E-state index contributed by atoms with van der Waals surface area (Å²) in [6, 6.07) is 37.4. The van der Waals surface area contributed by atoms with Gasteiger partial charge in [0.15, 0.2) is 0 Å². The van der Waals surface area contributed by atoms with Crippen LogP contribution in [-0.2, 0) is 33.1 Å². The van der Waals surface area contributed by atoms with Crippen LogP contribution in [0.25, 0.3) is 0 Å². The number of halogens is 2. The van der Waals surface area contributed by atoms with Gasteiger partial charge >= 0.3 is 0 Å². The van der Waals surface area contributed by atoms with E-state index in [4.69, 9.17) is 11.6 Å². The number of benzene rings is 5. The molecule has 0 saturated heterocycles. The van der Waals surface area contributed by atoms with Crippen molar-refractivity contribution in [1.29, 1.82) is 0 Å². The minimum atomic E-state index is -4.01. The Bertz CT molecular complexity index is 1850. The Hall–Kier alpha value is -3.63. The zero-order chi connectivity index (χ0) is 29.7. The fraction of sp³-hybridized carbons (Fsp3) is 0.0625. The van der Waals surface area contributed by atoms with Crippen LogP contribution >= 0.6 is 27.5 Å². The second kappa shape index (κ2) is 12.7. The molecule has 0 atom stereocenters.